The Morgan fingerprint density at radius 1 is 0.840 bits per heavy atom. The molecule has 0 saturated carbocycles. The lowest BCUT2D eigenvalue weighted by atomic mass is 10.1. The zero-order valence-corrected chi connectivity index (χ0v) is 14.2. The Bertz CT molecular complexity index is 929. The van der Waals surface area contributed by atoms with Gasteiger partial charge in [-0.2, -0.15) is 0 Å². The van der Waals surface area contributed by atoms with E-state index in [1.165, 1.54) is 6.92 Å². The third kappa shape index (κ3) is 3.67. The van der Waals surface area contributed by atoms with E-state index in [-0.39, 0.29) is 5.78 Å². The summed E-state index contributed by atoms with van der Waals surface area (Å²) in [5.41, 5.74) is 5.91. The van der Waals surface area contributed by atoms with E-state index in [1.807, 2.05) is 41.2 Å². The predicted octanol–water partition coefficient (Wildman–Crippen LogP) is 2.82. The number of rotatable bonds is 4. The first-order valence-electron chi connectivity index (χ1n) is 7.50. The summed E-state index contributed by atoms with van der Waals surface area (Å²) in [6, 6.07) is 13.9. The average Bonchev–Trinajstić information content (AvgIpc) is 3.30. The van der Waals surface area contributed by atoms with Crippen LogP contribution in [-0.4, -0.2) is 22.2 Å². The number of nitrogens with one attached hydrogen (secondary N) is 2. The number of Topliss-reactive ketones (excluding diaryl/α,β-unsaturated/α-hetero) is 1. The Morgan fingerprint density at radius 3 is 2.16 bits per heavy atom. The summed E-state index contributed by atoms with van der Waals surface area (Å²) in [5, 5.41) is 0. The van der Waals surface area contributed by atoms with Crippen molar-refractivity contribution in [2.75, 3.05) is 0 Å². The van der Waals surface area contributed by atoms with Gasteiger partial charge in [0, 0.05) is 12.4 Å². The lowest BCUT2D eigenvalue weighted by Gasteiger charge is -2.11. The van der Waals surface area contributed by atoms with Crippen molar-refractivity contribution in [2.45, 2.75) is 6.92 Å². The highest BCUT2D eigenvalue weighted by Gasteiger charge is 2.15. The number of benzene rings is 1. The lowest BCUT2D eigenvalue weighted by Crippen LogP contribution is -2.41. The zero-order valence-electron chi connectivity index (χ0n) is 13.4. The Hall–Kier alpha value is -3.19. The Labute approximate surface area is 148 Å². The van der Waals surface area contributed by atoms with E-state index in [1.54, 1.807) is 24.3 Å². The number of aromatic nitrogens is 1. The monoisotopic (exact) mass is 353 g/mol. The van der Waals surface area contributed by atoms with Crippen LogP contribution in [0.25, 0.3) is 5.69 Å². The van der Waals surface area contributed by atoms with Crippen LogP contribution in [0.5, 0.6) is 0 Å². The molecule has 6 nitrogen and oxygen atoms in total. The van der Waals surface area contributed by atoms with Gasteiger partial charge < -0.3 is 4.57 Å². The van der Waals surface area contributed by atoms with Crippen molar-refractivity contribution in [2.24, 2.45) is 0 Å². The lowest BCUT2D eigenvalue weighted by molar-refractivity contribution is 0.0849. The zero-order chi connectivity index (χ0) is 17.8. The summed E-state index contributed by atoms with van der Waals surface area (Å²) in [7, 11) is 0. The fraction of sp³-hybridized carbons (Fsp3) is 0.0556. The minimum absolute atomic E-state index is 0.103. The van der Waals surface area contributed by atoms with Crippen LogP contribution in [0.15, 0.2) is 60.9 Å². The second-order valence-corrected chi connectivity index (χ2v) is 6.32. The maximum atomic E-state index is 12.4. The second kappa shape index (κ2) is 7.14. The molecule has 0 spiro atoms. The predicted molar refractivity (Wildman–Crippen MR) is 95.0 cm³/mol. The Morgan fingerprint density at radius 2 is 1.48 bits per heavy atom. The standard InChI is InChI=1S/C18H15N3O3S/c1-12(22)15-8-9-16(25-15)18(24)20-19-17(23)13-6-2-3-7-14(13)21-10-4-5-11-21/h2-11H,1H3,(H,19,23)(H,20,24). The number of hydrogen-bond acceptors (Lipinski definition) is 4. The van der Waals surface area contributed by atoms with Crippen LogP contribution in [-0.2, 0) is 0 Å². The van der Waals surface area contributed by atoms with Gasteiger partial charge in [-0.1, -0.05) is 12.1 Å². The first-order chi connectivity index (χ1) is 12.1. The van der Waals surface area contributed by atoms with Gasteiger partial charge in [-0.05, 0) is 43.3 Å². The van der Waals surface area contributed by atoms with Crippen LogP contribution in [0.3, 0.4) is 0 Å². The van der Waals surface area contributed by atoms with Crippen molar-refractivity contribution < 1.29 is 14.4 Å². The van der Waals surface area contributed by atoms with Crippen molar-refractivity contribution in [1.29, 1.82) is 0 Å². The third-order valence-corrected chi connectivity index (χ3v) is 4.68. The molecule has 0 radical (unpaired) electrons. The molecule has 2 amide bonds. The van der Waals surface area contributed by atoms with E-state index in [2.05, 4.69) is 10.9 Å². The molecule has 0 fully saturated rings. The summed E-state index contributed by atoms with van der Waals surface area (Å²) in [5.74, 6) is -1.00. The van der Waals surface area contributed by atoms with Gasteiger partial charge in [-0.15, -0.1) is 11.3 Å². The quantitative estimate of drug-likeness (QED) is 0.559. The SMILES string of the molecule is CC(=O)c1ccc(C(=O)NNC(=O)c2ccccc2-n2cccc2)s1. The van der Waals surface area contributed by atoms with E-state index < -0.39 is 11.8 Å². The summed E-state index contributed by atoms with van der Waals surface area (Å²) in [4.78, 5) is 36.7. The van der Waals surface area contributed by atoms with Crippen LogP contribution in [0.1, 0.15) is 36.6 Å². The van der Waals surface area contributed by atoms with Gasteiger partial charge >= 0.3 is 0 Å². The topological polar surface area (TPSA) is 80.2 Å². The highest BCUT2D eigenvalue weighted by Crippen LogP contribution is 2.17. The van der Waals surface area contributed by atoms with Gasteiger partial charge in [0.05, 0.1) is 21.0 Å². The third-order valence-electron chi connectivity index (χ3n) is 3.50. The number of amides is 2. The minimum atomic E-state index is -0.468. The van der Waals surface area contributed by atoms with Crippen molar-refractivity contribution >= 4 is 28.9 Å². The van der Waals surface area contributed by atoms with Crippen molar-refractivity contribution in [3.8, 4) is 5.69 Å². The number of para-hydroxylation sites is 1. The van der Waals surface area contributed by atoms with Crippen LogP contribution in [0.4, 0.5) is 0 Å². The molecule has 2 N–H and O–H groups in total. The van der Waals surface area contributed by atoms with Gasteiger partial charge in [0.15, 0.2) is 5.78 Å². The van der Waals surface area contributed by atoms with Crippen molar-refractivity contribution in [3.63, 3.8) is 0 Å². The number of ketones is 1. The molecular weight excluding hydrogens is 338 g/mol. The fourth-order valence-corrected chi connectivity index (χ4v) is 3.07. The van der Waals surface area contributed by atoms with Crippen LogP contribution >= 0.6 is 11.3 Å². The maximum absolute atomic E-state index is 12.4. The van der Waals surface area contributed by atoms with E-state index in [4.69, 9.17) is 0 Å². The van der Waals surface area contributed by atoms with Gasteiger partial charge in [-0.3, -0.25) is 25.2 Å². The highest BCUT2D eigenvalue weighted by molar-refractivity contribution is 7.15. The smallest absolute Gasteiger partial charge is 0.279 e. The van der Waals surface area contributed by atoms with Crippen molar-refractivity contribution in [1.82, 2.24) is 15.4 Å². The molecule has 7 heteroatoms. The summed E-state index contributed by atoms with van der Waals surface area (Å²) < 4.78 is 1.81. The highest BCUT2D eigenvalue weighted by atomic mass is 32.1. The summed E-state index contributed by atoms with van der Waals surface area (Å²) >= 11 is 1.08. The van der Waals surface area contributed by atoms with E-state index >= 15 is 0 Å². The Kier molecular flexibility index (Phi) is 4.76. The van der Waals surface area contributed by atoms with E-state index in [0.29, 0.717) is 21.0 Å². The molecule has 0 unspecified atom stereocenters. The average molecular weight is 353 g/mol. The molecule has 0 atom stereocenters. The summed E-state index contributed by atoms with van der Waals surface area (Å²) in [6.07, 6.45) is 3.67. The molecule has 0 aliphatic rings. The minimum Gasteiger partial charge on any atom is -0.323 e. The fourth-order valence-electron chi connectivity index (χ4n) is 2.28. The number of thiophene rings is 1. The maximum Gasteiger partial charge on any atom is 0.279 e. The number of hydrazine groups is 1. The first kappa shape index (κ1) is 16.7. The molecule has 2 heterocycles. The van der Waals surface area contributed by atoms with Crippen LogP contribution in [0, 0.1) is 0 Å². The normalized spacial score (nSPS) is 10.3. The van der Waals surface area contributed by atoms with Crippen LogP contribution in [0.2, 0.25) is 0 Å². The second-order valence-electron chi connectivity index (χ2n) is 5.24. The number of hydrogen-bond donors (Lipinski definition) is 2. The molecule has 25 heavy (non-hydrogen) atoms. The Balaban J connectivity index is 1.71. The van der Waals surface area contributed by atoms with E-state index in [9.17, 15) is 14.4 Å². The van der Waals surface area contributed by atoms with Gasteiger partial charge in [-0.25, -0.2) is 0 Å². The number of nitrogens with zero attached hydrogens (tertiary/aromatic N) is 1. The molecule has 2 aromatic heterocycles. The first-order valence-corrected chi connectivity index (χ1v) is 8.32. The van der Waals surface area contributed by atoms with Gasteiger partial charge in [0.2, 0.25) is 0 Å². The molecule has 126 valence electrons. The van der Waals surface area contributed by atoms with Gasteiger partial charge in [0.1, 0.15) is 0 Å². The molecule has 0 bridgehead atoms. The number of carbonyl (C=O) groups excluding carboxylic acids is 3. The van der Waals surface area contributed by atoms with Crippen molar-refractivity contribution in [3.05, 3.63) is 76.2 Å². The molecular formula is C18H15N3O3S. The molecule has 3 aromatic rings. The molecule has 1 aromatic carbocycles. The largest absolute Gasteiger partial charge is 0.323 e. The molecule has 3 rings (SSSR count). The van der Waals surface area contributed by atoms with Crippen LogP contribution < -0.4 is 10.9 Å². The van der Waals surface area contributed by atoms with E-state index in [0.717, 1.165) is 11.3 Å². The molecule has 0 aliphatic heterocycles. The molecule has 0 saturated heterocycles. The summed E-state index contributed by atoms with van der Waals surface area (Å²) in [6.45, 7) is 1.44. The molecule has 0 aliphatic carbocycles. The van der Waals surface area contributed by atoms with Gasteiger partial charge in [0.25, 0.3) is 11.8 Å². The number of carbonyl (C=O) groups is 3.